The number of aliphatic hydroxyl groups is 1. The van der Waals surface area contributed by atoms with Gasteiger partial charge in [-0.05, 0) is 44.0 Å². The largest absolute Gasteiger partial charge is 0.490 e. The number of rotatable bonds is 6. The summed E-state index contributed by atoms with van der Waals surface area (Å²) < 4.78 is 10.2. The Morgan fingerprint density at radius 1 is 1.08 bits per heavy atom. The summed E-state index contributed by atoms with van der Waals surface area (Å²) in [5.74, 6) is 0.873. The Bertz CT molecular complexity index is 819. The summed E-state index contributed by atoms with van der Waals surface area (Å²) in [6.07, 6.45) is 1.50. The lowest BCUT2D eigenvalue weighted by molar-refractivity contribution is -0.679. The first kappa shape index (κ1) is 16.5. The summed E-state index contributed by atoms with van der Waals surface area (Å²) in [6, 6.07) is 14.3. The fraction of sp³-hybridized carbons (Fsp3) is 0.350. The molecule has 0 saturated heterocycles. The van der Waals surface area contributed by atoms with Crippen molar-refractivity contribution in [2.24, 2.45) is 0 Å². The van der Waals surface area contributed by atoms with Crippen molar-refractivity contribution in [3.05, 3.63) is 59.9 Å². The van der Waals surface area contributed by atoms with Crippen LogP contribution in [0.4, 0.5) is 0 Å². The number of ether oxygens (including phenoxy) is 1. The molecule has 1 atom stereocenters. The minimum Gasteiger partial charge on any atom is -0.490 e. The van der Waals surface area contributed by atoms with Gasteiger partial charge < -0.3 is 9.84 Å². The predicted molar refractivity (Wildman–Crippen MR) is 95.2 cm³/mol. The van der Waals surface area contributed by atoms with E-state index in [9.17, 15) is 5.11 Å². The molecule has 0 aliphatic rings. The zero-order chi connectivity index (χ0) is 17.1. The van der Waals surface area contributed by atoms with E-state index in [0.717, 1.165) is 28.9 Å². The Kier molecular flexibility index (Phi) is 4.86. The maximum absolute atomic E-state index is 10.4. The second-order valence-corrected chi connectivity index (χ2v) is 6.23. The Balaban J connectivity index is 1.72. The van der Waals surface area contributed by atoms with E-state index in [1.807, 2.05) is 44.2 Å². The molecule has 0 fully saturated rings. The molecule has 4 nitrogen and oxygen atoms in total. The van der Waals surface area contributed by atoms with E-state index in [0.29, 0.717) is 6.54 Å². The van der Waals surface area contributed by atoms with Crippen LogP contribution in [-0.4, -0.2) is 22.4 Å². The normalized spacial score (nSPS) is 12.5. The smallest absolute Gasteiger partial charge is 0.244 e. The van der Waals surface area contributed by atoms with Crippen LogP contribution in [0.25, 0.3) is 11.0 Å². The van der Waals surface area contributed by atoms with Gasteiger partial charge in [-0.25, -0.2) is 9.13 Å². The highest BCUT2D eigenvalue weighted by Crippen LogP contribution is 2.22. The minimum absolute atomic E-state index is 0.282. The van der Waals surface area contributed by atoms with Crippen molar-refractivity contribution in [3.8, 4) is 5.75 Å². The van der Waals surface area contributed by atoms with Gasteiger partial charge >= 0.3 is 0 Å². The average molecular weight is 325 g/mol. The molecule has 1 heterocycles. The third-order valence-corrected chi connectivity index (χ3v) is 4.36. The van der Waals surface area contributed by atoms with Crippen LogP contribution >= 0.6 is 0 Å². The third kappa shape index (κ3) is 3.29. The highest BCUT2D eigenvalue weighted by Gasteiger charge is 2.18. The van der Waals surface area contributed by atoms with Gasteiger partial charge in [-0.1, -0.05) is 30.3 Å². The number of aliphatic hydroxyl groups excluding tert-OH is 1. The SMILES string of the molecule is CCn1c[n+](CC(O)COc2c(C)cccc2C)c2ccccc21. The van der Waals surface area contributed by atoms with E-state index in [1.54, 1.807) is 0 Å². The number of hydrogen-bond donors (Lipinski definition) is 1. The van der Waals surface area contributed by atoms with Gasteiger partial charge in [-0.2, -0.15) is 0 Å². The molecule has 0 radical (unpaired) electrons. The average Bonchev–Trinajstić information content (AvgIpc) is 2.92. The van der Waals surface area contributed by atoms with E-state index in [-0.39, 0.29) is 6.61 Å². The summed E-state index contributed by atoms with van der Waals surface area (Å²) in [6.45, 7) is 7.87. The van der Waals surface area contributed by atoms with E-state index in [4.69, 9.17) is 4.74 Å². The standard InChI is InChI=1S/C20H25N2O2/c1-4-21-14-22(19-11-6-5-10-18(19)21)12-17(23)13-24-20-15(2)8-7-9-16(20)3/h5-11,14,17,23H,4,12-13H2,1-3H3/q+1. The maximum atomic E-state index is 10.4. The molecular formula is C20H25N2O2+. The molecule has 1 aromatic heterocycles. The predicted octanol–water partition coefficient (Wildman–Crippen LogP) is 3.01. The summed E-state index contributed by atoms with van der Waals surface area (Å²) in [4.78, 5) is 0. The first-order valence-electron chi connectivity index (χ1n) is 8.44. The third-order valence-electron chi connectivity index (χ3n) is 4.36. The molecule has 2 aromatic carbocycles. The summed E-state index contributed by atoms with van der Waals surface area (Å²) in [5.41, 5.74) is 4.50. The Hall–Kier alpha value is -2.33. The fourth-order valence-corrected chi connectivity index (χ4v) is 3.13. The molecule has 24 heavy (non-hydrogen) atoms. The van der Waals surface area contributed by atoms with Gasteiger partial charge in [0.2, 0.25) is 6.33 Å². The van der Waals surface area contributed by atoms with Crippen LogP contribution in [0.1, 0.15) is 18.1 Å². The number of aryl methyl sites for hydroxylation is 3. The lowest BCUT2D eigenvalue weighted by Gasteiger charge is -2.14. The van der Waals surface area contributed by atoms with Crippen molar-refractivity contribution in [2.75, 3.05) is 6.61 Å². The number of hydrogen-bond acceptors (Lipinski definition) is 2. The zero-order valence-electron chi connectivity index (χ0n) is 14.6. The first-order chi connectivity index (χ1) is 11.6. The van der Waals surface area contributed by atoms with Crippen LogP contribution in [0.2, 0.25) is 0 Å². The van der Waals surface area contributed by atoms with Crippen LogP contribution in [-0.2, 0) is 13.1 Å². The molecule has 126 valence electrons. The van der Waals surface area contributed by atoms with Crippen molar-refractivity contribution >= 4 is 11.0 Å². The zero-order valence-corrected chi connectivity index (χ0v) is 14.6. The van der Waals surface area contributed by atoms with Gasteiger partial charge in [0.05, 0.1) is 6.54 Å². The van der Waals surface area contributed by atoms with E-state index in [1.165, 1.54) is 5.52 Å². The molecular weight excluding hydrogens is 300 g/mol. The molecule has 0 saturated carbocycles. The van der Waals surface area contributed by atoms with Gasteiger partial charge in [0.1, 0.15) is 25.0 Å². The van der Waals surface area contributed by atoms with E-state index in [2.05, 4.69) is 34.5 Å². The molecule has 4 heteroatoms. The number of para-hydroxylation sites is 3. The molecule has 1 N–H and O–H groups in total. The topological polar surface area (TPSA) is 38.3 Å². The van der Waals surface area contributed by atoms with Crippen LogP contribution < -0.4 is 9.30 Å². The molecule has 0 aliphatic carbocycles. The molecule has 0 aliphatic heterocycles. The lowest BCUT2D eigenvalue weighted by Crippen LogP contribution is -2.41. The molecule has 3 aromatic rings. The molecule has 0 spiro atoms. The highest BCUT2D eigenvalue weighted by molar-refractivity contribution is 5.71. The van der Waals surface area contributed by atoms with Crippen molar-refractivity contribution in [2.45, 2.75) is 40.0 Å². The maximum Gasteiger partial charge on any atom is 0.244 e. The number of fused-ring (bicyclic) bond motifs is 1. The van der Waals surface area contributed by atoms with Gasteiger partial charge in [0, 0.05) is 0 Å². The number of aromatic nitrogens is 2. The molecule has 1 unspecified atom stereocenters. The van der Waals surface area contributed by atoms with Crippen molar-refractivity contribution in [3.63, 3.8) is 0 Å². The van der Waals surface area contributed by atoms with Gasteiger partial charge in [-0.15, -0.1) is 0 Å². The highest BCUT2D eigenvalue weighted by atomic mass is 16.5. The summed E-state index contributed by atoms with van der Waals surface area (Å²) in [7, 11) is 0. The van der Waals surface area contributed by atoms with E-state index >= 15 is 0 Å². The molecule has 0 bridgehead atoms. The molecule has 3 rings (SSSR count). The number of nitrogens with zero attached hydrogens (tertiary/aromatic N) is 2. The first-order valence-corrected chi connectivity index (χ1v) is 8.44. The van der Waals surface area contributed by atoms with Gasteiger partial charge in [-0.3, -0.25) is 0 Å². The Labute approximate surface area is 142 Å². The molecule has 0 amide bonds. The van der Waals surface area contributed by atoms with E-state index < -0.39 is 6.10 Å². The van der Waals surface area contributed by atoms with Gasteiger partial charge in [0.15, 0.2) is 11.0 Å². The van der Waals surface area contributed by atoms with Crippen molar-refractivity contribution in [1.82, 2.24) is 4.57 Å². The number of imidazole rings is 1. The lowest BCUT2D eigenvalue weighted by atomic mass is 10.1. The summed E-state index contributed by atoms with van der Waals surface area (Å²) >= 11 is 0. The van der Waals surface area contributed by atoms with Crippen LogP contribution in [0.5, 0.6) is 5.75 Å². The van der Waals surface area contributed by atoms with Crippen LogP contribution in [0.3, 0.4) is 0 Å². The monoisotopic (exact) mass is 325 g/mol. The summed E-state index contributed by atoms with van der Waals surface area (Å²) in [5, 5.41) is 10.4. The second kappa shape index (κ2) is 7.05. The van der Waals surface area contributed by atoms with Crippen molar-refractivity contribution < 1.29 is 14.4 Å². The van der Waals surface area contributed by atoms with Crippen LogP contribution in [0, 0.1) is 13.8 Å². The Morgan fingerprint density at radius 2 is 1.79 bits per heavy atom. The number of benzene rings is 2. The van der Waals surface area contributed by atoms with Crippen LogP contribution in [0.15, 0.2) is 48.8 Å². The Morgan fingerprint density at radius 3 is 2.50 bits per heavy atom. The van der Waals surface area contributed by atoms with Gasteiger partial charge in [0.25, 0.3) is 0 Å². The minimum atomic E-state index is -0.565. The second-order valence-electron chi connectivity index (χ2n) is 6.23. The fourth-order valence-electron chi connectivity index (χ4n) is 3.13. The van der Waals surface area contributed by atoms with Crippen molar-refractivity contribution in [1.29, 1.82) is 0 Å². The quantitative estimate of drug-likeness (QED) is 0.708.